The number of aromatic carboxylic acids is 2. The van der Waals surface area contributed by atoms with E-state index in [1.165, 1.54) is 43.5 Å². The zero-order valence-corrected chi connectivity index (χ0v) is 28.7. The first-order valence-electron chi connectivity index (χ1n) is 15.4. The normalized spacial score (nSPS) is 11.5. The number of rotatable bonds is 15. The van der Waals surface area contributed by atoms with Crippen molar-refractivity contribution in [2.24, 2.45) is 20.5 Å². The van der Waals surface area contributed by atoms with Gasteiger partial charge in [0.25, 0.3) is 10.1 Å². The molecule has 0 unspecified atom stereocenters. The third kappa shape index (κ3) is 9.90. The third-order valence-electron chi connectivity index (χ3n) is 7.12. The van der Waals surface area contributed by atoms with E-state index in [0.29, 0.717) is 34.9 Å². The van der Waals surface area contributed by atoms with E-state index in [4.69, 9.17) is 11.7 Å². The number of carboxylic acid groups (broad SMARTS) is 2. The average Bonchev–Trinajstić information content (AvgIpc) is 3.13. The fraction of sp³-hybridized carbons (Fsp3) is 0.118. The van der Waals surface area contributed by atoms with Crippen LogP contribution < -0.4 is 20.7 Å². The van der Waals surface area contributed by atoms with E-state index in [1.54, 1.807) is 36.4 Å². The maximum Gasteiger partial charge on any atom is 0.335 e. The van der Waals surface area contributed by atoms with Crippen LogP contribution in [0.3, 0.4) is 0 Å². The van der Waals surface area contributed by atoms with Gasteiger partial charge in [-0.3, -0.25) is 4.55 Å². The Hall–Kier alpha value is -6.86. The van der Waals surface area contributed by atoms with Crippen molar-refractivity contribution in [1.82, 2.24) is 15.0 Å². The van der Waals surface area contributed by atoms with Gasteiger partial charge < -0.3 is 30.9 Å². The van der Waals surface area contributed by atoms with Crippen molar-refractivity contribution >= 4 is 74.0 Å². The number of nitrogens with one attached hydrogen (secondary N) is 3. The zero-order valence-electron chi connectivity index (χ0n) is 27.9. The molecule has 0 saturated heterocycles. The van der Waals surface area contributed by atoms with Crippen molar-refractivity contribution in [3.63, 3.8) is 0 Å². The summed E-state index contributed by atoms with van der Waals surface area (Å²) in [5.74, 6) is -1.80. The summed E-state index contributed by atoms with van der Waals surface area (Å²) in [4.78, 5) is 35.8. The zero-order chi connectivity index (χ0) is 38.1. The van der Waals surface area contributed by atoms with Gasteiger partial charge in [0.05, 0.1) is 40.2 Å². The van der Waals surface area contributed by atoms with E-state index in [1.807, 2.05) is 6.92 Å². The summed E-state index contributed by atoms with van der Waals surface area (Å²) in [6, 6.07) is 18.9. The molecule has 0 aliphatic heterocycles. The number of aromatic nitrogens is 3. The van der Waals surface area contributed by atoms with Crippen LogP contribution in [-0.2, 0) is 16.5 Å². The Morgan fingerprint density at radius 2 is 1.34 bits per heavy atom. The number of ether oxygens (including phenoxy) is 1. The highest BCUT2D eigenvalue weighted by molar-refractivity contribution is 7.85. The number of carboxylic acids is 2. The summed E-state index contributed by atoms with van der Waals surface area (Å²) in [5, 5.41) is 44.3. The van der Waals surface area contributed by atoms with Gasteiger partial charge in [0, 0.05) is 24.0 Å². The molecule has 0 atom stereocenters. The van der Waals surface area contributed by atoms with Crippen LogP contribution in [0.25, 0.3) is 0 Å². The fourth-order valence-electron chi connectivity index (χ4n) is 4.64. The average molecular weight is 739 g/mol. The number of methoxy groups -OCH3 is 1. The van der Waals surface area contributed by atoms with Gasteiger partial charge in [0.1, 0.15) is 11.4 Å². The van der Waals surface area contributed by atoms with Crippen molar-refractivity contribution in [3.8, 4) is 5.75 Å². The number of azo groups is 2. The van der Waals surface area contributed by atoms with E-state index in [-0.39, 0.29) is 51.8 Å². The first-order chi connectivity index (χ1) is 25.3. The minimum atomic E-state index is -4.41. The molecule has 1 heterocycles. The lowest BCUT2D eigenvalue weighted by molar-refractivity contribution is 0.0696. The van der Waals surface area contributed by atoms with Crippen LogP contribution in [0.5, 0.6) is 5.75 Å². The summed E-state index contributed by atoms with van der Waals surface area (Å²) in [5.41, 5.74) is 2.47. The van der Waals surface area contributed by atoms with Gasteiger partial charge in [-0.2, -0.15) is 38.7 Å². The van der Waals surface area contributed by atoms with Crippen molar-refractivity contribution in [2.75, 3.05) is 29.6 Å². The topological polar surface area (TPSA) is 262 Å². The third-order valence-corrected chi connectivity index (χ3v) is 7.97. The van der Waals surface area contributed by atoms with E-state index < -0.39 is 22.1 Å². The first kappa shape index (κ1) is 37.4. The molecule has 0 amide bonds. The van der Waals surface area contributed by atoms with Crippen LogP contribution in [0.4, 0.5) is 52.0 Å². The van der Waals surface area contributed by atoms with Gasteiger partial charge in [-0.15, -0.1) is 5.11 Å². The molecule has 0 aliphatic rings. The summed E-state index contributed by atoms with van der Waals surface area (Å²) in [6.07, 6.45) is 0.539. The number of aryl methyl sites for hydroxylation is 1. The smallest absolute Gasteiger partial charge is 0.335 e. The Morgan fingerprint density at radius 1 is 0.755 bits per heavy atom. The number of hydrogen-bond donors (Lipinski definition) is 6. The summed E-state index contributed by atoms with van der Waals surface area (Å²) in [7, 11) is -2.97. The Balaban J connectivity index is 1.36. The summed E-state index contributed by atoms with van der Waals surface area (Å²) in [6.45, 7) is 7.62. The van der Waals surface area contributed by atoms with Gasteiger partial charge >= 0.3 is 11.9 Å². The predicted octanol–water partition coefficient (Wildman–Crippen LogP) is 7.53. The lowest BCUT2D eigenvalue weighted by Gasteiger charge is -2.13. The van der Waals surface area contributed by atoms with Crippen molar-refractivity contribution in [2.45, 2.75) is 18.2 Å². The van der Waals surface area contributed by atoms with E-state index in [2.05, 4.69) is 51.4 Å². The molecule has 0 bridgehead atoms. The Morgan fingerprint density at radius 3 is 1.92 bits per heavy atom. The number of benzene rings is 4. The molecule has 18 nitrogen and oxygen atoms in total. The Bertz CT molecular complexity index is 2320. The predicted molar refractivity (Wildman–Crippen MR) is 193 cm³/mol. The number of hydrogen-bond acceptors (Lipinski definition) is 15. The summed E-state index contributed by atoms with van der Waals surface area (Å²) < 4.78 is 37.7. The number of anilines is 5. The van der Waals surface area contributed by atoms with Crippen LogP contribution >= 0.6 is 0 Å². The Labute approximate surface area is 302 Å². The molecule has 270 valence electrons. The standard InChI is InChI=1S/C34H30N10O8S/c1-4-19-14-22(9-11-27(19)43-42-25-15-20(30(45)46)13-21(16-25)31(47)48)36-33-38-32(35-5-2)39-34(40-33)37-23-10-12-28(29(18-23)52-3)44-41-24-7-6-8-26(17-24)53(49,50)51/h2,6-18H,4-5H2,1,3H3,(H,45,46)(H,47,48)(H,49,50,51)(H3,35,36,37,38,39,40). The molecule has 5 aromatic rings. The van der Waals surface area contributed by atoms with Gasteiger partial charge in [-0.25, -0.2) is 9.59 Å². The largest absolute Gasteiger partial charge is 0.494 e. The Kier molecular flexibility index (Phi) is 11.6. The molecule has 1 aromatic heterocycles. The molecular formula is C34H30N10O8S. The van der Waals surface area contributed by atoms with Crippen molar-refractivity contribution in [1.29, 1.82) is 0 Å². The van der Waals surface area contributed by atoms with Crippen LogP contribution in [0, 0.1) is 6.92 Å². The highest BCUT2D eigenvalue weighted by atomic mass is 32.2. The van der Waals surface area contributed by atoms with E-state index in [9.17, 15) is 32.8 Å². The molecular weight excluding hydrogens is 709 g/mol. The van der Waals surface area contributed by atoms with Gasteiger partial charge in [-0.05, 0) is 85.6 Å². The van der Waals surface area contributed by atoms with Crippen molar-refractivity contribution < 1.29 is 37.5 Å². The molecule has 2 radical (unpaired) electrons. The van der Waals surface area contributed by atoms with Crippen LogP contribution in [0.1, 0.15) is 33.2 Å². The van der Waals surface area contributed by atoms with Crippen LogP contribution in [-0.4, -0.2) is 63.7 Å². The molecule has 0 spiro atoms. The number of nitrogens with zero attached hydrogens (tertiary/aromatic N) is 7. The van der Waals surface area contributed by atoms with E-state index >= 15 is 0 Å². The van der Waals surface area contributed by atoms with E-state index in [0.717, 1.165) is 11.6 Å². The highest BCUT2D eigenvalue weighted by Crippen LogP contribution is 2.34. The second kappa shape index (κ2) is 16.4. The lowest BCUT2D eigenvalue weighted by atomic mass is 10.1. The highest BCUT2D eigenvalue weighted by Gasteiger charge is 2.14. The monoisotopic (exact) mass is 738 g/mol. The van der Waals surface area contributed by atoms with Crippen molar-refractivity contribution in [3.05, 3.63) is 102 Å². The molecule has 53 heavy (non-hydrogen) atoms. The second-order valence-corrected chi connectivity index (χ2v) is 12.2. The number of carbonyl (C=O) groups is 2. The molecule has 0 saturated carbocycles. The second-order valence-electron chi connectivity index (χ2n) is 10.8. The quantitative estimate of drug-likeness (QED) is 0.0448. The van der Waals surface area contributed by atoms with Crippen LogP contribution in [0.15, 0.2) is 104 Å². The first-order valence-corrected chi connectivity index (χ1v) is 16.9. The lowest BCUT2D eigenvalue weighted by Crippen LogP contribution is -2.09. The maximum absolute atomic E-state index is 11.5. The van der Waals surface area contributed by atoms with Gasteiger partial charge in [0.2, 0.25) is 17.8 Å². The minimum absolute atomic E-state index is 0.0343. The van der Waals surface area contributed by atoms with Crippen LogP contribution in [0.2, 0.25) is 0 Å². The SMILES string of the molecule is [CH]CNc1nc(Nc2ccc(N=Nc3cc(C(=O)O)cc(C(=O)O)c3)c(CC)c2)nc(Nc2ccc(N=Nc3cccc(S(=O)(=O)O)c3)c(OC)c2)n1. The molecule has 0 aliphatic carbocycles. The van der Waals surface area contributed by atoms with Gasteiger partial charge in [0.15, 0.2) is 0 Å². The molecule has 4 aromatic carbocycles. The molecule has 6 N–H and O–H groups in total. The molecule has 5 rings (SSSR count). The molecule has 0 fully saturated rings. The van der Waals surface area contributed by atoms with Gasteiger partial charge in [-0.1, -0.05) is 13.0 Å². The maximum atomic E-state index is 11.5. The minimum Gasteiger partial charge on any atom is -0.494 e. The fourth-order valence-corrected chi connectivity index (χ4v) is 5.16. The summed E-state index contributed by atoms with van der Waals surface area (Å²) >= 11 is 0. The molecule has 19 heteroatoms.